The molecule has 1 atom stereocenters. The summed E-state index contributed by atoms with van der Waals surface area (Å²) in [5.41, 5.74) is 1.10. The van der Waals surface area contributed by atoms with Crippen LogP contribution in [-0.4, -0.2) is 44.5 Å². The molecule has 1 aliphatic heterocycles. The molecule has 1 aromatic carbocycles. The first-order valence-electron chi connectivity index (χ1n) is 12.4. The quantitative estimate of drug-likeness (QED) is 0.508. The van der Waals surface area contributed by atoms with Gasteiger partial charge in [-0.1, -0.05) is 12.1 Å². The zero-order valence-electron chi connectivity index (χ0n) is 21.2. The van der Waals surface area contributed by atoms with Crippen molar-refractivity contribution in [3.63, 3.8) is 0 Å². The highest BCUT2D eigenvalue weighted by molar-refractivity contribution is 5.94. The molecule has 3 aromatic rings. The Morgan fingerprint density at radius 2 is 1.92 bits per heavy atom. The van der Waals surface area contributed by atoms with Gasteiger partial charge in [0, 0.05) is 42.8 Å². The molecular formula is C27H33FN6O2. The van der Waals surface area contributed by atoms with Crippen LogP contribution in [-0.2, 0) is 0 Å². The fraction of sp³-hybridized carbons (Fsp3) is 0.407. The Kier molecular flexibility index (Phi) is 7.67. The van der Waals surface area contributed by atoms with Crippen molar-refractivity contribution in [1.82, 2.24) is 24.8 Å². The highest BCUT2D eigenvalue weighted by atomic mass is 19.1. The van der Waals surface area contributed by atoms with Gasteiger partial charge in [0.05, 0.1) is 11.6 Å². The molecule has 8 nitrogen and oxygen atoms in total. The van der Waals surface area contributed by atoms with Gasteiger partial charge in [-0.2, -0.15) is 4.98 Å². The predicted octanol–water partition coefficient (Wildman–Crippen LogP) is 4.41. The number of pyridine rings is 1. The van der Waals surface area contributed by atoms with Crippen LogP contribution in [0.4, 0.5) is 10.3 Å². The smallest absolute Gasteiger partial charge is 0.254 e. The lowest BCUT2D eigenvalue weighted by molar-refractivity contribution is 0.0916. The molecule has 0 spiro atoms. The molecule has 1 amide bonds. The second kappa shape index (κ2) is 10.9. The van der Waals surface area contributed by atoms with Gasteiger partial charge < -0.3 is 15.5 Å². The number of carbonyl (C=O) groups is 1. The molecule has 0 radical (unpaired) electrons. The van der Waals surface area contributed by atoms with Crippen LogP contribution < -0.4 is 16.2 Å². The first-order valence-corrected chi connectivity index (χ1v) is 12.4. The first kappa shape index (κ1) is 25.3. The molecule has 1 saturated heterocycles. The van der Waals surface area contributed by atoms with Gasteiger partial charge in [-0.15, -0.1) is 0 Å². The zero-order chi connectivity index (χ0) is 25.8. The summed E-state index contributed by atoms with van der Waals surface area (Å²) in [6.07, 6.45) is 7.37. The Morgan fingerprint density at radius 1 is 1.17 bits per heavy atom. The SMILES string of the molecule is CC=CN1CCC(NC(=O)c2ccc([C@H](C)Nc3ncc4ccc(=O)n(C(C)C)c4n3)cc2F)CC1. The van der Waals surface area contributed by atoms with Crippen LogP contribution in [0.1, 0.15) is 68.5 Å². The van der Waals surface area contributed by atoms with Gasteiger partial charge in [-0.3, -0.25) is 14.2 Å². The number of fused-ring (bicyclic) bond motifs is 1. The number of benzene rings is 1. The molecule has 36 heavy (non-hydrogen) atoms. The van der Waals surface area contributed by atoms with Gasteiger partial charge in [0.15, 0.2) is 0 Å². The number of nitrogens with one attached hydrogen (secondary N) is 2. The Balaban J connectivity index is 1.45. The number of hydrogen-bond acceptors (Lipinski definition) is 6. The number of anilines is 1. The van der Waals surface area contributed by atoms with Gasteiger partial charge in [0.25, 0.3) is 11.5 Å². The van der Waals surface area contributed by atoms with Gasteiger partial charge >= 0.3 is 0 Å². The van der Waals surface area contributed by atoms with Crippen molar-refractivity contribution in [3.8, 4) is 0 Å². The molecule has 2 N–H and O–H groups in total. The lowest BCUT2D eigenvalue weighted by Crippen LogP contribution is -2.43. The van der Waals surface area contributed by atoms with E-state index >= 15 is 0 Å². The second-order valence-corrected chi connectivity index (χ2v) is 9.48. The van der Waals surface area contributed by atoms with Crippen molar-refractivity contribution in [2.45, 2.75) is 58.7 Å². The third-order valence-electron chi connectivity index (χ3n) is 6.49. The maximum Gasteiger partial charge on any atom is 0.254 e. The minimum Gasteiger partial charge on any atom is -0.378 e. The number of allylic oxidation sites excluding steroid dienone is 1. The number of carbonyl (C=O) groups excluding carboxylic acids is 1. The molecule has 0 aliphatic carbocycles. The average molecular weight is 493 g/mol. The molecule has 1 aliphatic rings. The highest BCUT2D eigenvalue weighted by Gasteiger charge is 2.22. The maximum atomic E-state index is 14.9. The van der Waals surface area contributed by atoms with Gasteiger partial charge in [0.1, 0.15) is 11.5 Å². The van der Waals surface area contributed by atoms with E-state index in [1.165, 1.54) is 18.2 Å². The lowest BCUT2D eigenvalue weighted by Gasteiger charge is -2.31. The van der Waals surface area contributed by atoms with Crippen LogP contribution in [0.5, 0.6) is 0 Å². The number of piperidine rings is 1. The van der Waals surface area contributed by atoms with E-state index < -0.39 is 11.7 Å². The van der Waals surface area contributed by atoms with E-state index in [9.17, 15) is 14.0 Å². The van der Waals surface area contributed by atoms with Crippen LogP contribution in [0.25, 0.3) is 11.0 Å². The molecular weight excluding hydrogens is 459 g/mol. The topological polar surface area (TPSA) is 92.2 Å². The Bertz CT molecular complexity index is 1330. The number of halogens is 1. The van der Waals surface area contributed by atoms with Crippen LogP contribution >= 0.6 is 0 Å². The second-order valence-electron chi connectivity index (χ2n) is 9.48. The molecule has 9 heteroatoms. The number of likely N-dealkylation sites (tertiary alicyclic amines) is 1. The zero-order valence-corrected chi connectivity index (χ0v) is 21.2. The van der Waals surface area contributed by atoms with Crippen molar-refractivity contribution in [2.24, 2.45) is 0 Å². The molecule has 3 heterocycles. The van der Waals surface area contributed by atoms with E-state index in [1.807, 2.05) is 33.8 Å². The van der Waals surface area contributed by atoms with E-state index in [-0.39, 0.29) is 29.2 Å². The number of aromatic nitrogens is 3. The molecule has 0 saturated carbocycles. The molecule has 0 unspecified atom stereocenters. The fourth-order valence-corrected chi connectivity index (χ4v) is 4.54. The monoisotopic (exact) mass is 492 g/mol. The summed E-state index contributed by atoms with van der Waals surface area (Å²) in [5.74, 6) is -0.631. The maximum absolute atomic E-state index is 14.9. The molecule has 2 aromatic heterocycles. The Morgan fingerprint density at radius 3 is 2.58 bits per heavy atom. The average Bonchev–Trinajstić information content (AvgIpc) is 2.84. The number of amides is 1. The first-order chi connectivity index (χ1) is 17.3. The van der Waals surface area contributed by atoms with Crippen LogP contribution in [0.2, 0.25) is 0 Å². The minimum absolute atomic E-state index is 0.0322. The number of nitrogens with zero attached hydrogens (tertiary/aromatic N) is 4. The van der Waals surface area contributed by atoms with Gasteiger partial charge in [0.2, 0.25) is 5.95 Å². The molecule has 190 valence electrons. The van der Waals surface area contributed by atoms with E-state index in [2.05, 4.69) is 31.7 Å². The summed E-state index contributed by atoms with van der Waals surface area (Å²) in [6.45, 7) is 9.42. The van der Waals surface area contributed by atoms with Gasteiger partial charge in [-0.05, 0) is 70.5 Å². The summed E-state index contributed by atoms with van der Waals surface area (Å²) in [4.78, 5) is 36.1. The van der Waals surface area contributed by atoms with E-state index in [0.29, 0.717) is 17.2 Å². The van der Waals surface area contributed by atoms with Crippen molar-refractivity contribution in [3.05, 3.63) is 76.1 Å². The summed E-state index contributed by atoms with van der Waals surface area (Å²) in [7, 11) is 0. The van der Waals surface area contributed by atoms with Crippen molar-refractivity contribution >= 4 is 22.9 Å². The van der Waals surface area contributed by atoms with Crippen LogP contribution in [0.3, 0.4) is 0 Å². The normalized spacial score (nSPS) is 15.6. The van der Waals surface area contributed by atoms with Crippen molar-refractivity contribution in [1.29, 1.82) is 0 Å². The van der Waals surface area contributed by atoms with Crippen molar-refractivity contribution in [2.75, 3.05) is 18.4 Å². The van der Waals surface area contributed by atoms with E-state index in [0.717, 1.165) is 31.3 Å². The number of rotatable bonds is 7. The highest BCUT2D eigenvalue weighted by Crippen LogP contribution is 2.22. The van der Waals surface area contributed by atoms with Crippen molar-refractivity contribution < 1.29 is 9.18 Å². The summed E-state index contributed by atoms with van der Waals surface area (Å²) >= 11 is 0. The summed E-state index contributed by atoms with van der Waals surface area (Å²) < 4.78 is 16.6. The minimum atomic E-state index is -0.571. The molecule has 0 bridgehead atoms. The van der Waals surface area contributed by atoms with E-state index in [1.54, 1.807) is 22.9 Å². The third-order valence-corrected chi connectivity index (χ3v) is 6.49. The Labute approximate surface area is 210 Å². The summed E-state index contributed by atoms with van der Waals surface area (Å²) in [6, 6.07) is 7.48. The number of hydrogen-bond donors (Lipinski definition) is 2. The summed E-state index contributed by atoms with van der Waals surface area (Å²) in [5, 5.41) is 6.91. The van der Waals surface area contributed by atoms with Crippen LogP contribution in [0, 0.1) is 5.82 Å². The lowest BCUT2D eigenvalue weighted by atomic mass is 10.0. The predicted molar refractivity (Wildman–Crippen MR) is 139 cm³/mol. The Hall–Kier alpha value is -3.75. The molecule has 1 fully saturated rings. The van der Waals surface area contributed by atoms with Gasteiger partial charge in [-0.25, -0.2) is 9.37 Å². The largest absolute Gasteiger partial charge is 0.378 e. The van der Waals surface area contributed by atoms with Crippen LogP contribution in [0.15, 0.2) is 53.6 Å². The molecule has 4 rings (SSSR count). The third kappa shape index (κ3) is 5.56. The fourth-order valence-electron chi connectivity index (χ4n) is 4.54. The standard InChI is InChI=1S/C27H33FN6O2/c1-5-12-33-13-10-21(11-14-33)31-26(36)22-8-6-19(15-23(22)28)18(4)30-27-29-16-20-7-9-24(35)34(17(2)3)25(20)32-27/h5-9,12,15-18,21H,10-11,13-14H2,1-4H3,(H,31,36)(H,29,30,32)/t18-/m0/s1. The van der Waals surface area contributed by atoms with E-state index in [4.69, 9.17) is 0 Å².